The van der Waals surface area contributed by atoms with Gasteiger partial charge in [0.2, 0.25) is 11.8 Å². The molecule has 1 atom stereocenters. The van der Waals surface area contributed by atoms with Gasteiger partial charge in [-0.2, -0.15) is 0 Å². The summed E-state index contributed by atoms with van der Waals surface area (Å²) in [4.78, 5) is 23.6. The molecule has 1 aliphatic carbocycles. The maximum Gasteiger partial charge on any atom is 0.241 e. The number of carbonyl (C=O) groups is 2. The largest absolute Gasteiger partial charge is 0.385 e. The fourth-order valence-electron chi connectivity index (χ4n) is 1.88. The van der Waals surface area contributed by atoms with E-state index in [0.717, 1.165) is 12.8 Å². The van der Waals surface area contributed by atoms with Gasteiger partial charge in [0.15, 0.2) is 0 Å². The van der Waals surface area contributed by atoms with Crippen LogP contribution >= 0.6 is 0 Å². The standard InChI is InChI=1S/C15H21N3O3/c1-21-8-7-13(16)15(20)18-12-4-2-3-11(9-12)17-14(19)10-5-6-10/h2-4,9-10,13H,5-8,16H2,1H3,(H,17,19)(H,18,20). The van der Waals surface area contributed by atoms with E-state index in [0.29, 0.717) is 24.4 Å². The lowest BCUT2D eigenvalue weighted by Crippen LogP contribution is -2.36. The van der Waals surface area contributed by atoms with Gasteiger partial charge in [0, 0.05) is 31.0 Å². The molecule has 2 amide bonds. The quantitative estimate of drug-likeness (QED) is 0.706. The van der Waals surface area contributed by atoms with E-state index in [9.17, 15) is 9.59 Å². The number of anilines is 2. The predicted molar refractivity (Wildman–Crippen MR) is 80.9 cm³/mol. The number of nitrogens with one attached hydrogen (secondary N) is 2. The van der Waals surface area contributed by atoms with Crippen molar-refractivity contribution in [3.63, 3.8) is 0 Å². The van der Waals surface area contributed by atoms with Gasteiger partial charge in [-0.1, -0.05) is 6.07 Å². The van der Waals surface area contributed by atoms with E-state index < -0.39 is 6.04 Å². The molecule has 1 aliphatic rings. The number of benzene rings is 1. The second-order valence-corrected chi connectivity index (χ2v) is 5.22. The van der Waals surface area contributed by atoms with Gasteiger partial charge < -0.3 is 21.1 Å². The molecule has 0 bridgehead atoms. The summed E-state index contributed by atoms with van der Waals surface area (Å²) in [5.74, 6) is -0.0845. The molecule has 4 N–H and O–H groups in total. The van der Waals surface area contributed by atoms with Crippen LogP contribution in [0, 0.1) is 5.92 Å². The van der Waals surface area contributed by atoms with Gasteiger partial charge in [-0.05, 0) is 37.5 Å². The van der Waals surface area contributed by atoms with Gasteiger partial charge in [-0.3, -0.25) is 9.59 Å². The highest BCUT2D eigenvalue weighted by Gasteiger charge is 2.29. The zero-order valence-electron chi connectivity index (χ0n) is 12.1. The van der Waals surface area contributed by atoms with Gasteiger partial charge >= 0.3 is 0 Å². The number of carbonyl (C=O) groups excluding carboxylic acids is 2. The smallest absolute Gasteiger partial charge is 0.241 e. The first-order valence-electron chi connectivity index (χ1n) is 7.06. The molecular weight excluding hydrogens is 270 g/mol. The van der Waals surface area contributed by atoms with Crippen molar-refractivity contribution < 1.29 is 14.3 Å². The predicted octanol–water partition coefficient (Wildman–Crippen LogP) is 1.34. The molecule has 6 heteroatoms. The van der Waals surface area contributed by atoms with E-state index in [1.807, 2.05) is 0 Å². The molecule has 0 aliphatic heterocycles. The highest BCUT2D eigenvalue weighted by Crippen LogP contribution is 2.30. The number of amides is 2. The molecule has 1 aromatic rings. The van der Waals surface area contributed by atoms with Crippen molar-refractivity contribution in [2.75, 3.05) is 24.4 Å². The van der Waals surface area contributed by atoms with Gasteiger partial charge in [-0.25, -0.2) is 0 Å². The minimum atomic E-state index is -0.616. The minimum absolute atomic E-state index is 0.0373. The van der Waals surface area contributed by atoms with Crippen LogP contribution in [0.15, 0.2) is 24.3 Å². The SMILES string of the molecule is COCCC(N)C(=O)Nc1cccc(NC(=O)C2CC2)c1. The monoisotopic (exact) mass is 291 g/mol. The van der Waals surface area contributed by atoms with Crippen molar-refractivity contribution >= 4 is 23.2 Å². The maximum atomic E-state index is 11.9. The third kappa shape index (κ3) is 4.84. The fourth-order valence-corrected chi connectivity index (χ4v) is 1.88. The number of rotatable bonds is 7. The summed E-state index contributed by atoms with van der Waals surface area (Å²) >= 11 is 0. The first-order chi connectivity index (χ1) is 10.1. The van der Waals surface area contributed by atoms with Crippen LogP contribution in [0.5, 0.6) is 0 Å². The zero-order valence-corrected chi connectivity index (χ0v) is 12.1. The Morgan fingerprint density at radius 2 is 2.00 bits per heavy atom. The van der Waals surface area contributed by atoms with Crippen LogP contribution in [0.25, 0.3) is 0 Å². The van der Waals surface area contributed by atoms with Gasteiger partial charge in [0.1, 0.15) is 0 Å². The molecule has 1 fully saturated rings. The molecule has 2 rings (SSSR count). The van der Waals surface area contributed by atoms with Crippen LogP contribution in [0.3, 0.4) is 0 Å². The van der Waals surface area contributed by atoms with Crippen LogP contribution in [0.4, 0.5) is 11.4 Å². The Bertz CT molecular complexity index is 515. The summed E-state index contributed by atoms with van der Waals surface area (Å²) < 4.78 is 4.90. The molecule has 1 aromatic carbocycles. The van der Waals surface area contributed by atoms with E-state index in [2.05, 4.69) is 10.6 Å². The molecule has 1 saturated carbocycles. The first-order valence-corrected chi connectivity index (χ1v) is 7.06. The minimum Gasteiger partial charge on any atom is -0.385 e. The number of hydrogen-bond acceptors (Lipinski definition) is 4. The lowest BCUT2D eigenvalue weighted by atomic mass is 10.2. The normalized spacial score (nSPS) is 15.3. The Morgan fingerprint density at radius 3 is 2.62 bits per heavy atom. The average Bonchev–Trinajstić information content (AvgIpc) is 3.29. The highest BCUT2D eigenvalue weighted by molar-refractivity contribution is 5.97. The van der Waals surface area contributed by atoms with E-state index in [1.54, 1.807) is 31.4 Å². The number of methoxy groups -OCH3 is 1. The van der Waals surface area contributed by atoms with Crippen molar-refractivity contribution in [2.24, 2.45) is 11.7 Å². The molecule has 1 unspecified atom stereocenters. The Hall–Kier alpha value is -1.92. The first kappa shape index (κ1) is 15.5. The summed E-state index contributed by atoms with van der Waals surface area (Å²) in [6, 6.07) is 6.43. The van der Waals surface area contributed by atoms with Crippen molar-refractivity contribution in [3.8, 4) is 0 Å². The molecular formula is C15H21N3O3. The van der Waals surface area contributed by atoms with Gasteiger partial charge in [0.25, 0.3) is 0 Å². The summed E-state index contributed by atoms with van der Waals surface area (Å²) in [6.45, 7) is 0.437. The Labute approximate surface area is 124 Å². The van der Waals surface area contributed by atoms with Gasteiger partial charge in [-0.15, -0.1) is 0 Å². The maximum absolute atomic E-state index is 11.9. The molecule has 0 spiro atoms. The number of nitrogens with two attached hydrogens (primary N) is 1. The van der Waals surface area contributed by atoms with Crippen molar-refractivity contribution in [3.05, 3.63) is 24.3 Å². The third-order valence-electron chi connectivity index (χ3n) is 3.32. The van der Waals surface area contributed by atoms with Crippen LogP contribution in [0.1, 0.15) is 19.3 Å². The third-order valence-corrected chi connectivity index (χ3v) is 3.32. The molecule has 0 aromatic heterocycles. The molecule has 21 heavy (non-hydrogen) atoms. The molecule has 114 valence electrons. The topological polar surface area (TPSA) is 93.4 Å². The van der Waals surface area contributed by atoms with E-state index in [-0.39, 0.29) is 17.7 Å². The van der Waals surface area contributed by atoms with Crippen LogP contribution in [-0.4, -0.2) is 31.6 Å². The molecule has 0 radical (unpaired) electrons. The summed E-state index contributed by atoms with van der Waals surface area (Å²) in [5, 5.41) is 5.58. The van der Waals surface area contributed by atoms with E-state index >= 15 is 0 Å². The fraction of sp³-hybridized carbons (Fsp3) is 0.467. The zero-order chi connectivity index (χ0) is 15.2. The van der Waals surface area contributed by atoms with Gasteiger partial charge in [0.05, 0.1) is 6.04 Å². The Kier molecular flexibility index (Phi) is 5.30. The number of ether oxygens (including phenoxy) is 1. The Balaban J connectivity index is 1.90. The van der Waals surface area contributed by atoms with Crippen molar-refractivity contribution in [2.45, 2.75) is 25.3 Å². The number of hydrogen-bond donors (Lipinski definition) is 3. The lowest BCUT2D eigenvalue weighted by Gasteiger charge is -2.12. The molecule has 0 heterocycles. The van der Waals surface area contributed by atoms with Crippen molar-refractivity contribution in [1.29, 1.82) is 0 Å². The second-order valence-electron chi connectivity index (χ2n) is 5.22. The van der Waals surface area contributed by atoms with Crippen LogP contribution in [-0.2, 0) is 14.3 Å². The highest BCUT2D eigenvalue weighted by atomic mass is 16.5. The van der Waals surface area contributed by atoms with Crippen LogP contribution < -0.4 is 16.4 Å². The van der Waals surface area contributed by atoms with Crippen LogP contribution in [0.2, 0.25) is 0 Å². The Morgan fingerprint density at radius 1 is 1.33 bits per heavy atom. The lowest BCUT2D eigenvalue weighted by molar-refractivity contribution is -0.118. The second kappa shape index (κ2) is 7.19. The van der Waals surface area contributed by atoms with E-state index in [1.165, 1.54) is 0 Å². The molecule has 0 saturated heterocycles. The van der Waals surface area contributed by atoms with E-state index in [4.69, 9.17) is 10.5 Å². The summed E-state index contributed by atoms with van der Waals surface area (Å²) in [5.41, 5.74) is 7.04. The summed E-state index contributed by atoms with van der Waals surface area (Å²) in [6.07, 6.45) is 2.37. The molecule has 6 nitrogen and oxygen atoms in total. The van der Waals surface area contributed by atoms with Crippen molar-refractivity contribution in [1.82, 2.24) is 0 Å². The average molecular weight is 291 g/mol. The summed E-state index contributed by atoms with van der Waals surface area (Å²) in [7, 11) is 1.57.